The fraction of sp³-hybridized carbons (Fsp3) is 0.154. The highest BCUT2D eigenvalue weighted by Gasteiger charge is 2.07. The number of benzene rings is 1. The first kappa shape index (κ1) is 12.6. The van der Waals surface area contributed by atoms with E-state index >= 15 is 0 Å². The van der Waals surface area contributed by atoms with Crippen LogP contribution in [0.25, 0.3) is 11.0 Å². The molecule has 0 amide bonds. The van der Waals surface area contributed by atoms with Crippen molar-refractivity contribution in [1.29, 1.82) is 0 Å². The molecule has 3 N–H and O–H groups in total. The molecule has 2 heterocycles. The van der Waals surface area contributed by atoms with Crippen LogP contribution in [0.3, 0.4) is 0 Å². The zero-order valence-corrected chi connectivity index (χ0v) is 11.5. The number of hydrogen-bond acceptors (Lipinski definition) is 5. The van der Waals surface area contributed by atoms with E-state index in [1.807, 2.05) is 19.2 Å². The molecule has 0 bridgehead atoms. The van der Waals surface area contributed by atoms with Gasteiger partial charge >= 0.3 is 11.1 Å². The van der Waals surface area contributed by atoms with E-state index in [0.29, 0.717) is 11.0 Å². The topological polar surface area (TPSA) is 90.6 Å². The smallest absolute Gasteiger partial charge is 0.314 e. The lowest BCUT2D eigenvalue weighted by atomic mass is 10.2. The molecule has 3 rings (SSSR count). The fourth-order valence-corrected chi connectivity index (χ4v) is 2.59. The summed E-state index contributed by atoms with van der Waals surface area (Å²) in [6.45, 7) is 2.04. The number of aromatic nitrogens is 3. The maximum atomic E-state index is 11.3. The Bertz CT molecular complexity index is 851. The van der Waals surface area contributed by atoms with Crippen molar-refractivity contribution in [3.05, 3.63) is 55.5 Å². The summed E-state index contributed by atoms with van der Waals surface area (Å²) in [4.78, 5) is 32.8. The average Bonchev–Trinajstić information content (AvgIpc) is 2.94. The van der Waals surface area contributed by atoms with Crippen molar-refractivity contribution in [2.45, 2.75) is 13.0 Å². The van der Waals surface area contributed by atoms with E-state index in [1.165, 1.54) is 0 Å². The lowest BCUT2D eigenvalue weighted by Crippen LogP contribution is -2.28. The molecule has 1 atom stereocenters. The van der Waals surface area contributed by atoms with Gasteiger partial charge in [0.1, 0.15) is 0 Å². The molecule has 0 saturated carbocycles. The average molecular weight is 288 g/mol. The van der Waals surface area contributed by atoms with Crippen LogP contribution in [-0.4, -0.2) is 15.0 Å². The molecule has 20 heavy (non-hydrogen) atoms. The molecule has 0 aliphatic heterocycles. The van der Waals surface area contributed by atoms with Crippen molar-refractivity contribution in [3.8, 4) is 0 Å². The van der Waals surface area contributed by atoms with Gasteiger partial charge in [0.25, 0.3) is 0 Å². The lowest BCUT2D eigenvalue weighted by Gasteiger charge is -2.13. The summed E-state index contributed by atoms with van der Waals surface area (Å²) < 4.78 is 0. The summed E-state index contributed by atoms with van der Waals surface area (Å²) >= 11 is 1.58. The number of fused-ring (bicyclic) bond motifs is 1. The number of aromatic amines is 2. The first-order valence-corrected chi connectivity index (χ1v) is 6.93. The zero-order valence-electron chi connectivity index (χ0n) is 10.6. The maximum Gasteiger partial charge on any atom is 0.314 e. The Labute approximate surface area is 117 Å². The number of thiazole rings is 1. The number of anilines is 1. The van der Waals surface area contributed by atoms with Crippen molar-refractivity contribution in [2.75, 3.05) is 5.32 Å². The van der Waals surface area contributed by atoms with E-state index in [1.54, 1.807) is 29.0 Å². The number of H-pyrrole nitrogens is 2. The molecule has 0 fully saturated rings. The molecule has 7 heteroatoms. The Balaban J connectivity index is 1.95. The Kier molecular flexibility index (Phi) is 3.11. The highest BCUT2D eigenvalue weighted by atomic mass is 32.1. The van der Waals surface area contributed by atoms with Gasteiger partial charge < -0.3 is 15.3 Å². The van der Waals surface area contributed by atoms with Gasteiger partial charge in [-0.3, -0.25) is 14.6 Å². The van der Waals surface area contributed by atoms with E-state index in [9.17, 15) is 9.59 Å². The quantitative estimate of drug-likeness (QED) is 0.641. The molecule has 1 aromatic carbocycles. The molecule has 6 nitrogen and oxygen atoms in total. The Hall–Kier alpha value is -2.41. The van der Waals surface area contributed by atoms with Crippen molar-refractivity contribution in [1.82, 2.24) is 15.0 Å². The summed E-state index contributed by atoms with van der Waals surface area (Å²) in [5.74, 6) is 0. The van der Waals surface area contributed by atoms with Crippen LogP contribution in [-0.2, 0) is 0 Å². The highest BCUT2D eigenvalue weighted by Crippen LogP contribution is 2.23. The van der Waals surface area contributed by atoms with Gasteiger partial charge in [0.2, 0.25) is 0 Å². The first-order valence-electron chi connectivity index (χ1n) is 6.05. The third-order valence-electron chi connectivity index (χ3n) is 2.98. The second-order valence-electron chi connectivity index (χ2n) is 4.44. The van der Waals surface area contributed by atoms with E-state index in [4.69, 9.17) is 0 Å². The van der Waals surface area contributed by atoms with Crippen LogP contribution in [0.5, 0.6) is 0 Å². The molecule has 0 aliphatic rings. The van der Waals surface area contributed by atoms with Gasteiger partial charge in [-0.25, -0.2) is 0 Å². The summed E-state index contributed by atoms with van der Waals surface area (Å²) in [7, 11) is 0. The van der Waals surface area contributed by atoms with Gasteiger partial charge in [0.05, 0.1) is 22.6 Å². The number of nitrogens with one attached hydrogen (secondary N) is 3. The van der Waals surface area contributed by atoms with Crippen LogP contribution in [0, 0.1) is 0 Å². The normalized spacial score (nSPS) is 12.4. The van der Waals surface area contributed by atoms with Crippen LogP contribution in [0.2, 0.25) is 0 Å². The molecule has 102 valence electrons. The van der Waals surface area contributed by atoms with Gasteiger partial charge in [0.15, 0.2) is 0 Å². The Morgan fingerprint density at radius 2 is 1.95 bits per heavy atom. The largest absolute Gasteiger partial charge is 0.378 e. The fourth-order valence-electron chi connectivity index (χ4n) is 1.97. The SMILES string of the molecule is CC(Nc1ccc2[nH]c(=O)c(=O)[nH]c2c1)c1cncs1. The van der Waals surface area contributed by atoms with Gasteiger partial charge in [0, 0.05) is 16.8 Å². The molecule has 0 spiro atoms. The molecular weight excluding hydrogens is 276 g/mol. The third kappa shape index (κ3) is 2.35. The molecule has 0 saturated heterocycles. The maximum absolute atomic E-state index is 11.3. The predicted molar refractivity (Wildman–Crippen MR) is 79.3 cm³/mol. The molecule has 1 unspecified atom stereocenters. The van der Waals surface area contributed by atoms with E-state index in [-0.39, 0.29) is 6.04 Å². The monoisotopic (exact) mass is 288 g/mol. The Morgan fingerprint density at radius 3 is 2.65 bits per heavy atom. The molecule has 2 aromatic heterocycles. The van der Waals surface area contributed by atoms with E-state index < -0.39 is 11.1 Å². The minimum atomic E-state index is -0.648. The summed E-state index contributed by atoms with van der Waals surface area (Å²) in [6.07, 6.45) is 1.82. The van der Waals surface area contributed by atoms with Crippen LogP contribution < -0.4 is 16.4 Å². The molecule has 0 aliphatic carbocycles. The third-order valence-corrected chi connectivity index (χ3v) is 3.94. The summed E-state index contributed by atoms with van der Waals surface area (Å²) in [6, 6.07) is 5.53. The number of hydrogen-bond donors (Lipinski definition) is 3. The van der Waals surface area contributed by atoms with Crippen molar-refractivity contribution >= 4 is 28.1 Å². The molecule has 0 radical (unpaired) electrons. The van der Waals surface area contributed by atoms with Gasteiger partial charge in [-0.1, -0.05) is 0 Å². The highest BCUT2D eigenvalue weighted by molar-refractivity contribution is 7.09. The van der Waals surface area contributed by atoms with Crippen LogP contribution in [0.1, 0.15) is 17.8 Å². The minimum absolute atomic E-state index is 0.120. The number of rotatable bonds is 3. The van der Waals surface area contributed by atoms with Crippen LogP contribution in [0.15, 0.2) is 39.5 Å². The van der Waals surface area contributed by atoms with Crippen molar-refractivity contribution in [2.24, 2.45) is 0 Å². The van der Waals surface area contributed by atoms with Gasteiger partial charge in [-0.15, -0.1) is 11.3 Å². The van der Waals surface area contributed by atoms with Crippen LogP contribution in [0.4, 0.5) is 5.69 Å². The second kappa shape index (κ2) is 4.93. The lowest BCUT2D eigenvalue weighted by molar-refractivity contribution is 0.904. The van der Waals surface area contributed by atoms with E-state index in [2.05, 4.69) is 20.3 Å². The summed E-state index contributed by atoms with van der Waals surface area (Å²) in [5, 5.41) is 3.33. The predicted octanol–water partition coefficient (Wildman–Crippen LogP) is 1.85. The van der Waals surface area contributed by atoms with Crippen molar-refractivity contribution in [3.63, 3.8) is 0 Å². The Morgan fingerprint density at radius 1 is 1.20 bits per heavy atom. The van der Waals surface area contributed by atoms with Gasteiger partial charge in [-0.05, 0) is 25.1 Å². The standard InChI is InChI=1S/C13H12N4O2S/c1-7(11-5-14-6-20-11)15-8-2-3-9-10(4-8)17-13(19)12(18)16-9/h2-7,15H,1H3,(H,16,18)(H,17,19). The number of nitrogens with zero attached hydrogens (tertiary/aromatic N) is 1. The molecular formula is C13H12N4O2S. The summed E-state index contributed by atoms with van der Waals surface area (Å²) in [5.41, 5.74) is 2.56. The van der Waals surface area contributed by atoms with Crippen molar-refractivity contribution < 1.29 is 0 Å². The van der Waals surface area contributed by atoms with E-state index in [0.717, 1.165) is 10.6 Å². The molecule has 3 aromatic rings. The second-order valence-corrected chi connectivity index (χ2v) is 5.36. The van der Waals surface area contributed by atoms with Crippen LogP contribution >= 0.6 is 11.3 Å². The minimum Gasteiger partial charge on any atom is -0.378 e. The van der Waals surface area contributed by atoms with Gasteiger partial charge in [-0.2, -0.15) is 0 Å². The first-order chi connectivity index (χ1) is 9.63. The zero-order chi connectivity index (χ0) is 14.1.